The van der Waals surface area contributed by atoms with Crippen LogP contribution >= 0.6 is 0 Å². The van der Waals surface area contributed by atoms with Crippen LogP contribution in [0.3, 0.4) is 0 Å². The van der Waals surface area contributed by atoms with Gasteiger partial charge in [0.05, 0.1) is 0 Å². The summed E-state index contributed by atoms with van der Waals surface area (Å²) in [4.78, 5) is 2.78. The quantitative estimate of drug-likeness (QED) is 0.792. The van der Waals surface area contributed by atoms with Gasteiger partial charge in [-0.25, -0.2) is 0 Å². The first-order valence-corrected chi connectivity index (χ1v) is 7.58. The molecule has 0 aromatic heterocycles. The molecule has 100 valence electrons. The second-order valence-corrected chi connectivity index (χ2v) is 6.85. The summed E-state index contributed by atoms with van der Waals surface area (Å²) >= 11 is 0. The first-order chi connectivity index (χ1) is 8.11. The molecule has 17 heavy (non-hydrogen) atoms. The van der Waals surface area contributed by atoms with E-state index in [0.717, 1.165) is 12.1 Å². The summed E-state index contributed by atoms with van der Waals surface area (Å²) in [5, 5.41) is 3.65. The molecule has 1 heterocycles. The van der Waals surface area contributed by atoms with Crippen molar-refractivity contribution in [3.05, 3.63) is 0 Å². The van der Waals surface area contributed by atoms with Crippen LogP contribution in [0.5, 0.6) is 0 Å². The fourth-order valence-electron chi connectivity index (χ4n) is 3.62. The third-order valence-corrected chi connectivity index (χ3v) is 4.59. The van der Waals surface area contributed by atoms with Gasteiger partial charge in [-0.15, -0.1) is 0 Å². The summed E-state index contributed by atoms with van der Waals surface area (Å²) in [7, 11) is 0. The maximum absolute atomic E-state index is 3.65. The summed E-state index contributed by atoms with van der Waals surface area (Å²) in [6.45, 7) is 11.0. The molecule has 0 aromatic rings. The van der Waals surface area contributed by atoms with Crippen molar-refractivity contribution in [2.75, 3.05) is 19.6 Å². The predicted octanol–water partition coefficient (Wildman–Crippen LogP) is 3.03. The second-order valence-electron chi connectivity index (χ2n) is 6.85. The molecule has 2 fully saturated rings. The number of rotatable bonds is 5. The van der Waals surface area contributed by atoms with E-state index < -0.39 is 0 Å². The van der Waals surface area contributed by atoms with Gasteiger partial charge >= 0.3 is 0 Å². The number of nitrogens with one attached hydrogen (secondary N) is 1. The first kappa shape index (κ1) is 13.4. The Bertz CT molecular complexity index is 231. The highest BCUT2D eigenvalue weighted by molar-refractivity contribution is 4.90. The predicted molar refractivity (Wildman–Crippen MR) is 74.3 cm³/mol. The van der Waals surface area contributed by atoms with E-state index in [1.807, 2.05) is 0 Å². The molecule has 2 aliphatic rings. The van der Waals surface area contributed by atoms with Crippen molar-refractivity contribution >= 4 is 0 Å². The third kappa shape index (κ3) is 3.69. The Labute approximate surface area is 107 Å². The Hall–Kier alpha value is -0.0800. The zero-order valence-electron chi connectivity index (χ0n) is 12.0. The Morgan fingerprint density at radius 2 is 2.12 bits per heavy atom. The summed E-state index contributed by atoms with van der Waals surface area (Å²) in [5.41, 5.74) is 0.583. The molecule has 2 nitrogen and oxygen atoms in total. The molecular formula is C15H30N2. The van der Waals surface area contributed by atoms with Crippen LogP contribution < -0.4 is 5.32 Å². The van der Waals surface area contributed by atoms with Gasteiger partial charge in [0.1, 0.15) is 0 Å². The van der Waals surface area contributed by atoms with Crippen molar-refractivity contribution in [1.82, 2.24) is 10.2 Å². The summed E-state index contributed by atoms with van der Waals surface area (Å²) < 4.78 is 0. The second kappa shape index (κ2) is 5.71. The zero-order valence-corrected chi connectivity index (χ0v) is 12.0. The van der Waals surface area contributed by atoms with Crippen LogP contribution in [0.4, 0.5) is 0 Å². The van der Waals surface area contributed by atoms with E-state index in [4.69, 9.17) is 0 Å². The van der Waals surface area contributed by atoms with E-state index in [2.05, 4.69) is 31.0 Å². The molecule has 0 amide bonds. The van der Waals surface area contributed by atoms with Crippen LogP contribution in [0.1, 0.15) is 59.3 Å². The summed E-state index contributed by atoms with van der Waals surface area (Å²) in [5.74, 6) is 0. The lowest BCUT2D eigenvalue weighted by Gasteiger charge is -2.32. The standard InChI is InChI=1S/C15H30N2/c1-4-10-17(12-13-6-5-9-16-13)14-7-8-15(2,3)11-14/h13-14,16H,4-12H2,1-3H3. The summed E-state index contributed by atoms with van der Waals surface area (Å²) in [6, 6.07) is 1.62. The molecule has 1 N–H and O–H groups in total. The molecule has 1 aliphatic heterocycles. The lowest BCUT2D eigenvalue weighted by molar-refractivity contribution is 0.171. The van der Waals surface area contributed by atoms with Crippen LogP contribution in [0, 0.1) is 5.41 Å². The molecular weight excluding hydrogens is 208 g/mol. The van der Waals surface area contributed by atoms with E-state index in [0.29, 0.717) is 5.41 Å². The van der Waals surface area contributed by atoms with Gasteiger partial charge in [-0.2, -0.15) is 0 Å². The van der Waals surface area contributed by atoms with Gasteiger partial charge in [0.2, 0.25) is 0 Å². The van der Waals surface area contributed by atoms with Crippen molar-refractivity contribution < 1.29 is 0 Å². The zero-order chi connectivity index (χ0) is 12.3. The van der Waals surface area contributed by atoms with Gasteiger partial charge in [0, 0.05) is 18.6 Å². The SMILES string of the molecule is CCCN(CC1CCCN1)C1CCC(C)(C)C1. The number of hydrogen-bond donors (Lipinski definition) is 1. The molecule has 1 saturated carbocycles. The largest absolute Gasteiger partial charge is 0.313 e. The Morgan fingerprint density at radius 1 is 1.29 bits per heavy atom. The van der Waals surface area contributed by atoms with Gasteiger partial charge in [-0.1, -0.05) is 20.8 Å². The molecule has 2 unspecified atom stereocenters. The summed E-state index contributed by atoms with van der Waals surface area (Å²) in [6.07, 6.45) is 8.29. The minimum absolute atomic E-state index is 0.583. The Morgan fingerprint density at radius 3 is 2.65 bits per heavy atom. The van der Waals surface area contributed by atoms with Gasteiger partial charge < -0.3 is 5.32 Å². The molecule has 1 saturated heterocycles. The smallest absolute Gasteiger partial charge is 0.0195 e. The Kier molecular flexibility index (Phi) is 4.48. The highest BCUT2D eigenvalue weighted by atomic mass is 15.2. The van der Waals surface area contributed by atoms with Crippen molar-refractivity contribution in [2.24, 2.45) is 5.41 Å². The lowest BCUT2D eigenvalue weighted by atomic mass is 9.91. The van der Waals surface area contributed by atoms with Crippen LogP contribution in [0.25, 0.3) is 0 Å². The monoisotopic (exact) mass is 238 g/mol. The van der Waals surface area contributed by atoms with E-state index in [9.17, 15) is 0 Å². The average Bonchev–Trinajstić information content (AvgIpc) is 2.87. The number of nitrogens with zero attached hydrogens (tertiary/aromatic N) is 1. The maximum Gasteiger partial charge on any atom is 0.0195 e. The molecule has 0 aromatic carbocycles. The fourth-order valence-corrected chi connectivity index (χ4v) is 3.62. The fraction of sp³-hybridized carbons (Fsp3) is 1.00. The molecule has 1 aliphatic carbocycles. The highest BCUT2D eigenvalue weighted by Gasteiger charge is 2.34. The van der Waals surface area contributed by atoms with E-state index in [1.54, 1.807) is 0 Å². The van der Waals surface area contributed by atoms with Crippen LogP contribution in [0.15, 0.2) is 0 Å². The normalized spacial score (nSPS) is 32.5. The van der Waals surface area contributed by atoms with Crippen molar-refractivity contribution in [3.63, 3.8) is 0 Å². The third-order valence-electron chi connectivity index (χ3n) is 4.59. The Balaban J connectivity index is 1.87. The van der Waals surface area contributed by atoms with Crippen LogP contribution in [0.2, 0.25) is 0 Å². The van der Waals surface area contributed by atoms with Crippen LogP contribution in [-0.2, 0) is 0 Å². The van der Waals surface area contributed by atoms with Gasteiger partial charge in [-0.3, -0.25) is 4.90 Å². The van der Waals surface area contributed by atoms with Gasteiger partial charge in [0.25, 0.3) is 0 Å². The number of hydrogen-bond acceptors (Lipinski definition) is 2. The lowest BCUT2D eigenvalue weighted by Crippen LogP contribution is -2.43. The molecule has 0 bridgehead atoms. The van der Waals surface area contributed by atoms with Crippen LogP contribution in [-0.4, -0.2) is 36.6 Å². The van der Waals surface area contributed by atoms with Gasteiger partial charge in [-0.05, 0) is 57.0 Å². The molecule has 0 spiro atoms. The molecule has 2 rings (SSSR count). The minimum Gasteiger partial charge on any atom is -0.313 e. The van der Waals surface area contributed by atoms with E-state index in [1.165, 1.54) is 58.2 Å². The molecule has 2 atom stereocenters. The van der Waals surface area contributed by atoms with Crippen molar-refractivity contribution in [3.8, 4) is 0 Å². The average molecular weight is 238 g/mol. The van der Waals surface area contributed by atoms with Crippen molar-refractivity contribution in [2.45, 2.75) is 71.4 Å². The maximum atomic E-state index is 3.65. The van der Waals surface area contributed by atoms with E-state index >= 15 is 0 Å². The topological polar surface area (TPSA) is 15.3 Å². The van der Waals surface area contributed by atoms with Crippen molar-refractivity contribution in [1.29, 1.82) is 0 Å². The molecule has 0 radical (unpaired) electrons. The van der Waals surface area contributed by atoms with Gasteiger partial charge in [0.15, 0.2) is 0 Å². The van der Waals surface area contributed by atoms with E-state index in [-0.39, 0.29) is 0 Å². The molecule has 2 heteroatoms. The first-order valence-electron chi connectivity index (χ1n) is 7.58. The minimum atomic E-state index is 0.583. The highest BCUT2D eigenvalue weighted by Crippen LogP contribution is 2.39.